The van der Waals surface area contributed by atoms with Crippen LogP contribution in [0, 0.1) is 0 Å². The predicted molar refractivity (Wildman–Crippen MR) is 142 cm³/mol. The first-order chi connectivity index (χ1) is 16.7. The molecule has 3 aromatic rings. The van der Waals surface area contributed by atoms with E-state index >= 15 is 0 Å². The van der Waals surface area contributed by atoms with Crippen molar-refractivity contribution < 1.29 is 9.53 Å². The molecule has 178 valence electrons. The van der Waals surface area contributed by atoms with Crippen molar-refractivity contribution in [2.45, 2.75) is 62.7 Å². The fraction of sp³-hybridized carbons (Fsp3) is 0.367. The topological polar surface area (TPSA) is 29.5 Å². The fourth-order valence-corrected chi connectivity index (χ4v) is 5.92. The van der Waals surface area contributed by atoms with Crippen LogP contribution in [-0.4, -0.2) is 22.6 Å². The molecule has 0 aromatic heterocycles. The minimum Gasteiger partial charge on any atom is -0.489 e. The summed E-state index contributed by atoms with van der Waals surface area (Å²) in [6, 6.07) is 29.2. The summed E-state index contributed by atoms with van der Waals surface area (Å²) in [5.41, 5.74) is 3.71. The van der Waals surface area contributed by atoms with Crippen LogP contribution in [0.5, 0.6) is 5.75 Å². The maximum atomic E-state index is 13.3. The van der Waals surface area contributed by atoms with Gasteiger partial charge in [-0.1, -0.05) is 92.6 Å². The zero-order chi connectivity index (χ0) is 23.6. The highest BCUT2D eigenvalue weighted by Gasteiger charge is 2.40. The zero-order valence-corrected chi connectivity index (χ0v) is 20.9. The number of aryl methyl sites for hydroxylation is 1. The first-order valence-corrected chi connectivity index (χ1v) is 13.5. The Kier molecular flexibility index (Phi) is 9.09. The second-order valence-electron chi connectivity index (χ2n) is 8.94. The van der Waals surface area contributed by atoms with Gasteiger partial charge in [0.25, 0.3) is 0 Å². The van der Waals surface area contributed by atoms with Crippen molar-refractivity contribution in [1.29, 1.82) is 0 Å². The van der Waals surface area contributed by atoms with Gasteiger partial charge in [0.2, 0.25) is 5.91 Å². The van der Waals surface area contributed by atoms with E-state index in [1.54, 1.807) is 0 Å². The Morgan fingerprint density at radius 2 is 1.50 bits per heavy atom. The van der Waals surface area contributed by atoms with E-state index in [4.69, 9.17) is 4.74 Å². The van der Waals surface area contributed by atoms with Gasteiger partial charge in [0.05, 0.1) is 5.25 Å². The van der Waals surface area contributed by atoms with Crippen LogP contribution in [0.1, 0.15) is 61.1 Å². The van der Waals surface area contributed by atoms with E-state index in [1.165, 1.54) is 11.1 Å². The molecule has 1 heterocycles. The Hall–Kier alpha value is -2.72. The van der Waals surface area contributed by atoms with Gasteiger partial charge in [0, 0.05) is 6.54 Å². The second kappa shape index (κ2) is 12.7. The molecule has 3 nitrogen and oxygen atoms in total. The summed E-state index contributed by atoms with van der Waals surface area (Å²) >= 11 is 1.83. The molecule has 2 unspecified atom stereocenters. The normalized spacial score (nSPS) is 17.8. The Morgan fingerprint density at radius 1 is 0.824 bits per heavy atom. The quantitative estimate of drug-likeness (QED) is 0.256. The Bertz CT molecular complexity index is 1010. The first-order valence-electron chi connectivity index (χ1n) is 12.5. The maximum Gasteiger partial charge on any atom is 0.236 e. The Morgan fingerprint density at radius 3 is 2.18 bits per heavy atom. The van der Waals surface area contributed by atoms with Crippen LogP contribution in [-0.2, 0) is 17.8 Å². The molecule has 4 heteroatoms. The number of nitrogens with zero attached hydrogens (tertiary/aromatic N) is 1. The summed E-state index contributed by atoms with van der Waals surface area (Å²) in [4.78, 5) is 15.4. The van der Waals surface area contributed by atoms with E-state index in [9.17, 15) is 4.79 Å². The van der Waals surface area contributed by atoms with Gasteiger partial charge < -0.3 is 9.64 Å². The zero-order valence-electron chi connectivity index (χ0n) is 20.1. The Balaban J connectivity index is 1.37. The Labute approximate surface area is 208 Å². The van der Waals surface area contributed by atoms with Crippen LogP contribution in [0.2, 0.25) is 0 Å². The van der Waals surface area contributed by atoms with E-state index in [1.807, 2.05) is 42.1 Å². The number of hydrogen-bond donors (Lipinski definition) is 0. The van der Waals surface area contributed by atoms with Gasteiger partial charge in [-0.2, -0.15) is 0 Å². The summed E-state index contributed by atoms with van der Waals surface area (Å²) in [5, 5.41) is 0.169. The smallest absolute Gasteiger partial charge is 0.236 e. The van der Waals surface area contributed by atoms with Crippen molar-refractivity contribution in [3.63, 3.8) is 0 Å². The monoisotopic (exact) mass is 473 g/mol. The van der Waals surface area contributed by atoms with E-state index in [0.29, 0.717) is 12.5 Å². The fourth-order valence-electron chi connectivity index (χ4n) is 4.38. The SMILES string of the molecule is CCCCC1SC(c2ccc(OCc3ccccc3)cc2)N(CCCCc2ccccc2)C1=O. The highest BCUT2D eigenvalue weighted by Crippen LogP contribution is 2.45. The molecule has 0 N–H and O–H groups in total. The first kappa shape index (κ1) is 24.4. The largest absolute Gasteiger partial charge is 0.489 e. The lowest BCUT2D eigenvalue weighted by molar-refractivity contribution is -0.130. The van der Waals surface area contributed by atoms with Crippen molar-refractivity contribution in [2.75, 3.05) is 6.54 Å². The molecule has 3 aromatic carbocycles. The van der Waals surface area contributed by atoms with Crippen LogP contribution in [0.3, 0.4) is 0 Å². The van der Waals surface area contributed by atoms with Gasteiger partial charge in [-0.3, -0.25) is 4.79 Å². The number of rotatable bonds is 12. The molecule has 0 saturated carbocycles. The van der Waals surface area contributed by atoms with Crippen LogP contribution in [0.15, 0.2) is 84.9 Å². The van der Waals surface area contributed by atoms with E-state index in [2.05, 4.69) is 66.4 Å². The minimum absolute atomic E-state index is 0.0769. The number of carbonyl (C=O) groups is 1. The molecule has 2 atom stereocenters. The molecule has 34 heavy (non-hydrogen) atoms. The number of unbranched alkanes of at least 4 members (excludes halogenated alkanes) is 2. The van der Waals surface area contributed by atoms with E-state index in [-0.39, 0.29) is 10.6 Å². The number of carbonyl (C=O) groups excluding carboxylic acids is 1. The second-order valence-corrected chi connectivity index (χ2v) is 10.2. The summed E-state index contributed by atoms with van der Waals surface area (Å²) in [7, 11) is 0. The maximum absolute atomic E-state index is 13.3. The molecule has 4 rings (SSSR count). The predicted octanol–water partition coefficient (Wildman–Crippen LogP) is 7.42. The van der Waals surface area contributed by atoms with E-state index in [0.717, 1.165) is 56.4 Å². The van der Waals surface area contributed by atoms with Crippen molar-refractivity contribution in [1.82, 2.24) is 4.90 Å². The molecule has 1 fully saturated rings. The highest BCUT2D eigenvalue weighted by molar-refractivity contribution is 8.01. The van der Waals surface area contributed by atoms with Gasteiger partial charge in [0.1, 0.15) is 17.7 Å². The standard InChI is InChI=1S/C30H35NO2S/c1-2-3-17-28-29(32)31(22-11-10-14-24-12-6-4-7-13-24)30(34-28)26-18-20-27(21-19-26)33-23-25-15-8-5-9-16-25/h4-9,12-13,15-16,18-21,28,30H,2-3,10-11,14,17,22-23H2,1H3. The molecule has 1 amide bonds. The van der Waals surface area contributed by atoms with Crippen molar-refractivity contribution in [3.05, 3.63) is 102 Å². The van der Waals surface area contributed by atoms with Crippen molar-refractivity contribution in [3.8, 4) is 5.75 Å². The molecular weight excluding hydrogens is 438 g/mol. The molecular formula is C30H35NO2S. The van der Waals surface area contributed by atoms with Gasteiger partial charge in [-0.05, 0) is 54.5 Å². The third-order valence-electron chi connectivity index (χ3n) is 6.33. The van der Waals surface area contributed by atoms with Gasteiger partial charge in [-0.25, -0.2) is 0 Å². The van der Waals surface area contributed by atoms with Gasteiger partial charge in [0.15, 0.2) is 0 Å². The summed E-state index contributed by atoms with van der Waals surface area (Å²) in [5.74, 6) is 1.17. The number of hydrogen-bond acceptors (Lipinski definition) is 3. The summed E-state index contributed by atoms with van der Waals surface area (Å²) in [6.45, 7) is 3.57. The third-order valence-corrected chi connectivity index (χ3v) is 7.88. The van der Waals surface area contributed by atoms with Crippen LogP contribution < -0.4 is 4.74 Å². The molecule has 0 aliphatic carbocycles. The molecule has 1 saturated heterocycles. The van der Waals surface area contributed by atoms with Crippen molar-refractivity contribution >= 4 is 17.7 Å². The number of ether oxygens (including phenoxy) is 1. The molecule has 0 spiro atoms. The van der Waals surface area contributed by atoms with Crippen molar-refractivity contribution in [2.24, 2.45) is 0 Å². The van der Waals surface area contributed by atoms with Crippen LogP contribution in [0.4, 0.5) is 0 Å². The third kappa shape index (κ3) is 6.66. The lowest BCUT2D eigenvalue weighted by Gasteiger charge is -2.24. The van der Waals surface area contributed by atoms with Crippen LogP contribution in [0.25, 0.3) is 0 Å². The lowest BCUT2D eigenvalue weighted by atomic mass is 10.1. The molecule has 1 aliphatic rings. The average molecular weight is 474 g/mol. The van der Waals surface area contributed by atoms with E-state index < -0.39 is 0 Å². The summed E-state index contributed by atoms with van der Waals surface area (Å²) < 4.78 is 5.97. The number of amides is 1. The highest BCUT2D eigenvalue weighted by atomic mass is 32.2. The van der Waals surface area contributed by atoms with Crippen LogP contribution >= 0.6 is 11.8 Å². The molecule has 0 radical (unpaired) electrons. The van der Waals surface area contributed by atoms with Gasteiger partial charge in [-0.15, -0.1) is 11.8 Å². The van der Waals surface area contributed by atoms with Gasteiger partial charge >= 0.3 is 0 Å². The number of thioether (sulfide) groups is 1. The molecule has 1 aliphatic heterocycles. The molecule has 0 bridgehead atoms. The lowest BCUT2D eigenvalue weighted by Crippen LogP contribution is -2.32. The summed E-state index contributed by atoms with van der Waals surface area (Å²) in [6.07, 6.45) is 6.37. The average Bonchev–Trinajstić information content (AvgIpc) is 3.20. The minimum atomic E-state index is 0.0769. The number of benzene rings is 3.